The molecular weight excluding hydrogens is 468 g/mol. The molecule has 0 amide bonds. The fourth-order valence-electron chi connectivity index (χ4n) is 2.45. The summed E-state index contributed by atoms with van der Waals surface area (Å²) in [4.78, 5) is 16.2. The zero-order chi connectivity index (χ0) is 20.3. The number of halogens is 1. The number of ether oxygens (including phenoxy) is 2. The van der Waals surface area contributed by atoms with Crippen LogP contribution in [0.4, 0.5) is 11.5 Å². The number of thiazole rings is 1. The maximum atomic E-state index is 12.0. The van der Waals surface area contributed by atoms with Crippen LogP contribution in [0.1, 0.15) is 10.4 Å². The van der Waals surface area contributed by atoms with Gasteiger partial charge in [-0.1, -0.05) is 28.1 Å². The lowest BCUT2D eigenvalue weighted by Crippen LogP contribution is -2.20. The SMILES string of the molecule is COC(=O)c1ccc(N(c2csc(-c3ccc(Br)cc3)n2)S(=O)[O-])c(OC)c1. The second-order valence-corrected chi connectivity index (χ2v) is 7.98. The van der Waals surface area contributed by atoms with Crippen LogP contribution in [0.3, 0.4) is 0 Å². The number of esters is 1. The van der Waals surface area contributed by atoms with Crippen LogP contribution in [0.2, 0.25) is 0 Å². The summed E-state index contributed by atoms with van der Waals surface area (Å²) < 4.78 is 35.9. The van der Waals surface area contributed by atoms with Gasteiger partial charge in [0.05, 0.1) is 36.7 Å². The first-order chi connectivity index (χ1) is 13.4. The lowest BCUT2D eigenvalue weighted by Gasteiger charge is -2.25. The number of anilines is 2. The van der Waals surface area contributed by atoms with E-state index in [-0.39, 0.29) is 22.8 Å². The first kappa shape index (κ1) is 20.5. The zero-order valence-electron chi connectivity index (χ0n) is 14.7. The molecule has 146 valence electrons. The van der Waals surface area contributed by atoms with Crippen LogP contribution in [0.15, 0.2) is 52.3 Å². The van der Waals surface area contributed by atoms with Crippen molar-refractivity contribution in [3.05, 3.63) is 57.9 Å². The van der Waals surface area contributed by atoms with Crippen molar-refractivity contribution < 1.29 is 23.0 Å². The van der Waals surface area contributed by atoms with Gasteiger partial charge in [-0.3, -0.25) is 4.21 Å². The minimum absolute atomic E-state index is 0.199. The van der Waals surface area contributed by atoms with Gasteiger partial charge in [0.1, 0.15) is 10.8 Å². The second kappa shape index (κ2) is 8.82. The third-order valence-corrected chi connectivity index (χ3v) is 5.85. The van der Waals surface area contributed by atoms with Crippen molar-refractivity contribution >= 4 is 56.0 Å². The molecule has 0 spiro atoms. The molecule has 7 nitrogen and oxygen atoms in total. The first-order valence-electron chi connectivity index (χ1n) is 7.82. The summed E-state index contributed by atoms with van der Waals surface area (Å²) in [7, 11) is 2.65. The molecule has 0 N–H and O–H groups in total. The van der Waals surface area contributed by atoms with Crippen LogP contribution in [0.5, 0.6) is 5.75 Å². The van der Waals surface area contributed by atoms with Crippen LogP contribution in [0, 0.1) is 0 Å². The summed E-state index contributed by atoms with van der Waals surface area (Å²) in [6.45, 7) is 0. The predicted octanol–water partition coefficient (Wildman–Crippen LogP) is 4.30. The van der Waals surface area contributed by atoms with E-state index in [4.69, 9.17) is 4.74 Å². The fraction of sp³-hybridized carbons (Fsp3) is 0.111. The van der Waals surface area contributed by atoms with Crippen molar-refractivity contribution in [3.63, 3.8) is 0 Å². The van der Waals surface area contributed by atoms with Gasteiger partial charge in [0, 0.05) is 15.4 Å². The summed E-state index contributed by atoms with van der Waals surface area (Å²) >= 11 is 2.04. The molecule has 2 aromatic carbocycles. The maximum Gasteiger partial charge on any atom is 0.337 e. The zero-order valence-corrected chi connectivity index (χ0v) is 18.0. The number of carbonyl (C=O) groups is 1. The minimum Gasteiger partial charge on any atom is -0.755 e. The van der Waals surface area contributed by atoms with E-state index in [1.165, 1.54) is 43.8 Å². The Hall–Kier alpha value is -2.27. The molecule has 0 radical (unpaired) electrons. The number of benzene rings is 2. The van der Waals surface area contributed by atoms with Gasteiger partial charge in [-0.25, -0.2) is 14.1 Å². The summed E-state index contributed by atoms with van der Waals surface area (Å²) in [5.41, 5.74) is 1.34. The lowest BCUT2D eigenvalue weighted by atomic mass is 10.2. The molecule has 0 saturated carbocycles. The Labute approximate surface area is 176 Å². The molecule has 3 aromatic rings. The van der Waals surface area contributed by atoms with Crippen LogP contribution in [-0.4, -0.2) is 33.9 Å². The van der Waals surface area contributed by atoms with E-state index in [2.05, 4.69) is 25.7 Å². The van der Waals surface area contributed by atoms with Gasteiger partial charge in [0.2, 0.25) is 0 Å². The molecule has 28 heavy (non-hydrogen) atoms. The van der Waals surface area contributed by atoms with Gasteiger partial charge >= 0.3 is 5.97 Å². The first-order valence-corrected chi connectivity index (χ1v) is 10.5. The number of rotatable bonds is 6. The van der Waals surface area contributed by atoms with E-state index >= 15 is 0 Å². The lowest BCUT2D eigenvalue weighted by molar-refractivity contribution is 0.0600. The van der Waals surface area contributed by atoms with E-state index in [1.807, 2.05) is 24.3 Å². The van der Waals surface area contributed by atoms with Crippen LogP contribution in [-0.2, 0) is 16.0 Å². The van der Waals surface area contributed by atoms with Crippen LogP contribution in [0.25, 0.3) is 10.6 Å². The van der Waals surface area contributed by atoms with Crippen molar-refractivity contribution in [2.24, 2.45) is 0 Å². The second-order valence-electron chi connectivity index (χ2n) is 5.41. The highest BCUT2D eigenvalue weighted by molar-refractivity contribution is 9.10. The molecule has 10 heteroatoms. The van der Waals surface area contributed by atoms with Crippen molar-refractivity contribution in [1.29, 1.82) is 0 Å². The highest BCUT2D eigenvalue weighted by Crippen LogP contribution is 2.37. The quantitative estimate of drug-likeness (QED) is 0.384. The van der Waals surface area contributed by atoms with E-state index < -0.39 is 17.2 Å². The van der Waals surface area contributed by atoms with Crippen LogP contribution >= 0.6 is 27.3 Å². The number of methoxy groups -OCH3 is 2. The van der Waals surface area contributed by atoms with Gasteiger partial charge in [-0.15, -0.1) is 11.3 Å². The largest absolute Gasteiger partial charge is 0.755 e. The number of hydrogen-bond donors (Lipinski definition) is 0. The topological polar surface area (TPSA) is 91.8 Å². The molecule has 1 aromatic heterocycles. The number of aromatic nitrogens is 1. The molecule has 0 aliphatic heterocycles. The van der Waals surface area contributed by atoms with Gasteiger partial charge < -0.3 is 14.0 Å². The highest BCUT2D eigenvalue weighted by Gasteiger charge is 2.20. The van der Waals surface area contributed by atoms with Crippen molar-refractivity contribution in [2.75, 3.05) is 18.5 Å². The average molecular weight is 482 g/mol. The predicted molar refractivity (Wildman–Crippen MR) is 111 cm³/mol. The summed E-state index contributed by atoms with van der Waals surface area (Å²) in [5, 5.41) is 2.31. The van der Waals surface area contributed by atoms with Gasteiger partial charge in [0.25, 0.3) is 0 Å². The number of hydrogen-bond acceptors (Lipinski definition) is 7. The smallest absolute Gasteiger partial charge is 0.337 e. The van der Waals surface area contributed by atoms with Crippen LogP contribution < -0.4 is 9.04 Å². The number of nitrogens with zero attached hydrogens (tertiary/aromatic N) is 2. The Bertz CT molecular complexity index is 1020. The van der Waals surface area contributed by atoms with Gasteiger partial charge in [-0.2, -0.15) is 0 Å². The Morgan fingerprint density at radius 2 is 1.93 bits per heavy atom. The molecule has 0 saturated heterocycles. The highest BCUT2D eigenvalue weighted by atomic mass is 79.9. The van der Waals surface area contributed by atoms with Crippen molar-refractivity contribution in [3.8, 4) is 16.3 Å². The van der Waals surface area contributed by atoms with Gasteiger partial charge in [-0.05, 0) is 30.3 Å². The average Bonchev–Trinajstić information content (AvgIpc) is 3.17. The van der Waals surface area contributed by atoms with E-state index in [9.17, 15) is 13.6 Å². The summed E-state index contributed by atoms with van der Waals surface area (Å²) in [6.07, 6.45) is 0. The van der Waals surface area contributed by atoms with Crippen molar-refractivity contribution in [2.45, 2.75) is 0 Å². The van der Waals surface area contributed by atoms with E-state index in [0.717, 1.165) is 14.3 Å². The normalized spacial score (nSPS) is 11.7. The van der Waals surface area contributed by atoms with E-state index in [0.29, 0.717) is 5.01 Å². The molecule has 1 heterocycles. The fourth-order valence-corrected chi connectivity index (χ4v) is 4.14. The third kappa shape index (κ3) is 4.25. The van der Waals surface area contributed by atoms with E-state index in [1.54, 1.807) is 5.38 Å². The third-order valence-electron chi connectivity index (χ3n) is 3.76. The molecule has 3 rings (SSSR count). The standard InChI is InChI=1S/C18H15BrN2O5S2/c1-25-15-9-12(18(22)26-2)5-8-14(15)21(28(23)24)16-10-27-17(20-16)11-3-6-13(19)7-4-11/h3-10H,1-2H3,(H,23,24)/p-1. The maximum absolute atomic E-state index is 12.0. The Morgan fingerprint density at radius 3 is 2.54 bits per heavy atom. The molecule has 1 atom stereocenters. The summed E-state index contributed by atoms with van der Waals surface area (Å²) in [5.74, 6) is -0.128. The van der Waals surface area contributed by atoms with Gasteiger partial charge in [0.15, 0.2) is 5.82 Å². The monoisotopic (exact) mass is 481 g/mol. The Kier molecular flexibility index (Phi) is 6.45. The molecular formula is C18H14BrN2O5S2-. The number of carbonyl (C=O) groups excluding carboxylic acids is 1. The van der Waals surface area contributed by atoms with Crippen molar-refractivity contribution in [1.82, 2.24) is 4.98 Å². The minimum atomic E-state index is -2.66. The molecule has 1 unspecified atom stereocenters. The Morgan fingerprint density at radius 1 is 1.21 bits per heavy atom. The molecule has 0 aliphatic rings. The summed E-state index contributed by atoms with van der Waals surface area (Å²) in [6, 6.07) is 11.9. The Balaban J connectivity index is 2.02. The molecule has 0 fully saturated rings. The molecule has 0 bridgehead atoms. The molecule has 0 aliphatic carbocycles.